The molecule has 0 bridgehead atoms. The van der Waals surface area contributed by atoms with Crippen LogP contribution >= 0.6 is 11.3 Å². The Kier molecular flexibility index (Phi) is 4.47. The highest BCUT2D eigenvalue weighted by molar-refractivity contribution is 7.17. The van der Waals surface area contributed by atoms with Crippen LogP contribution in [0.5, 0.6) is 0 Å². The Labute approximate surface area is 121 Å². The van der Waals surface area contributed by atoms with Crippen LogP contribution in [0.2, 0.25) is 0 Å². The van der Waals surface area contributed by atoms with Gasteiger partial charge in [0.25, 0.3) is 0 Å². The van der Waals surface area contributed by atoms with Crippen molar-refractivity contribution in [1.82, 2.24) is 4.98 Å². The number of aryl methyl sites for hydroxylation is 2. The van der Waals surface area contributed by atoms with Crippen LogP contribution < -0.4 is 5.43 Å². The van der Waals surface area contributed by atoms with E-state index in [1.54, 1.807) is 13.1 Å². The first-order chi connectivity index (χ1) is 9.61. The Morgan fingerprint density at radius 1 is 1.40 bits per heavy atom. The molecular weight excluding hydrogens is 274 g/mol. The average molecular weight is 289 g/mol. The van der Waals surface area contributed by atoms with Crippen molar-refractivity contribution in [3.8, 4) is 0 Å². The minimum Gasteiger partial charge on any atom is -0.465 e. The number of esters is 1. The highest BCUT2D eigenvalue weighted by atomic mass is 32.1. The molecule has 0 aliphatic carbocycles. The van der Waals surface area contributed by atoms with Gasteiger partial charge in [-0.3, -0.25) is 5.43 Å². The second-order valence-electron chi connectivity index (χ2n) is 4.15. The van der Waals surface area contributed by atoms with Gasteiger partial charge in [0, 0.05) is 0 Å². The SMILES string of the molecule is COC(=O)c1sc(N/N=C\c2ccccc2C)nc1C. The standard InChI is InChI=1S/C14H15N3O2S/c1-9-6-4-5-7-11(9)8-15-17-14-16-10(2)12(20-14)13(18)19-3/h4-8H,1-3H3,(H,16,17)/b15-8-. The van der Waals surface area contributed by atoms with Gasteiger partial charge in [0.05, 0.1) is 19.0 Å². The van der Waals surface area contributed by atoms with Gasteiger partial charge < -0.3 is 4.74 Å². The molecule has 0 aliphatic heterocycles. The smallest absolute Gasteiger partial charge is 0.350 e. The van der Waals surface area contributed by atoms with Crippen LogP contribution in [0, 0.1) is 13.8 Å². The van der Waals surface area contributed by atoms with Crippen molar-refractivity contribution in [2.45, 2.75) is 13.8 Å². The molecule has 5 nitrogen and oxygen atoms in total. The molecule has 1 aromatic heterocycles. The van der Waals surface area contributed by atoms with Crippen LogP contribution in [-0.4, -0.2) is 24.3 Å². The van der Waals surface area contributed by atoms with Crippen LogP contribution in [0.4, 0.5) is 5.13 Å². The fraction of sp³-hybridized carbons (Fsp3) is 0.214. The third-order valence-electron chi connectivity index (χ3n) is 2.72. The number of benzene rings is 1. The second-order valence-corrected chi connectivity index (χ2v) is 5.15. The summed E-state index contributed by atoms with van der Waals surface area (Å²) < 4.78 is 4.69. The molecule has 2 rings (SSSR count). The summed E-state index contributed by atoms with van der Waals surface area (Å²) in [6.07, 6.45) is 1.73. The van der Waals surface area contributed by atoms with Crippen LogP contribution in [0.15, 0.2) is 29.4 Å². The lowest BCUT2D eigenvalue weighted by atomic mass is 10.1. The zero-order chi connectivity index (χ0) is 14.5. The molecule has 0 saturated carbocycles. The van der Waals surface area contributed by atoms with E-state index in [1.165, 1.54) is 18.4 Å². The molecule has 0 atom stereocenters. The summed E-state index contributed by atoms with van der Waals surface area (Å²) >= 11 is 1.22. The number of aromatic nitrogens is 1. The molecule has 104 valence electrons. The number of rotatable bonds is 4. The molecule has 0 unspecified atom stereocenters. The van der Waals surface area contributed by atoms with Crippen molar-refractivity contribution in [2.75, 3.05) is 12.5 Å². The van der Waals surface area contributed by atoms with Crippen LogP contribution in [-0.2, 0) is 4.74 Å². The minimum atomic E-state index is -0.379. The van der Waals surface area contributed by atoms with E-state index in [2.05, 4.69) is 20.2 Å². The first-order valence-corrected chi connectivity index (χ1v) is 6.84. The van der Waals surface area contributed by atoms with Gasteiger partial charge in [-0.05, 0) is 25.0 Å². The summed E-state index contributed by atoms with van der Waals surface area (Å²) in [6.45, 7) is 3.78. The number of nitrogens with zero attached hydrogens (tertiary/aromatic N) is 2. The van der Waals surface area contributed by atoms with Gasteiger partial charge in [-0.25, -0.2) is 9.78 Å². The van der Waals surface area contributed by atoms with Crippen molar-refractivity contribution in [3.05, 3.63) is 46.0 Å². The lowest BCUT2D eigenvalue weighted by molar-refractivity contribution is 0.0605. The Bertz CT molecular complexity index is 650. The van der Waals surface area contributed by atoms with E-state index in [4.69, 9.17) is 0 Å². The van der Waals surface area contributed by atoms with E-state index in [0.29, 0.717) is 15.7 Å². The predicted molar refractivity (Wildman–Crippen MR) is 80.6 cm³/mol. The molecule has 0 saturated heterocycles. The number of carbonyl (C=O) groups excluding carboxylic acids is 1. The van der Waals surface area contributed by atoms with E-state index in [0.717, 1.165) is 11.1 Å². The van der Waals surface area contributed by atoms with E-state index in [1.807, 2.05) is 31.2 Å². The number of methoxy groups -OCH3 is 1. The molecule has 1 heterocycles. The van der Waals surface area contributed by atoms with Crippen molar-refractivity contribution < 1.29 is 9.53 Å². The fourth-order valence-electron chi connectivity index (χ4n) is 1.62. The Morgan fingerprint density at radius 2 is 2.15 bits per heavy atom. The zero-order valence-electron chi connectivity index (χ0n) is 11.5. The van der Waals surface area contributed by atoms with Gasteiger partial charge in [-0.1, -0.05) is 35.6 Å². The quantitative estimate of drug-likeness (QED) is 0.534. The minimum absolute atomic E-state index is 0.379. The molecular formula is C14H15N3O2S. The highest BCUT2D eigenvalue weighted by Crippen LogP contribution is 2.23. The van der Waals surface area contributed by atoms with Gasteiger partial charge in [0.2, 0.25) is 5.13 Å². The second kappa shape index (κ2) is 6.29. The zero-order valence-corrected chi connectivity index (χ0v) is 12.3. The maximum atomic E-state index is 11.5. The van der Waals surface area contributed by atoms with Gasteiger partial charge in [-0.15, -0.1) is 0 Å². The molecule has 0 amide bonds. The number of hydrogen-bond acceptors (Lipinski definition) is 6. The first-order valence-electron chi connectivity index (χ1n) is 6.02. The lowest BCUT2D eigenvalue weighted by Crippen LogP contribution is -1.99. The monoisotopic (exact) mass is 289 g/mol. The molecule has 0 spiro atoms. The van der Waals surface area contributed by atoms with E-state index in [-0.39, 0.29) is 5.97 Å². The summed E-state index contributed by atoms with van der Waals surface area (Å²) in [5.74, 6) is -0.379. The van der Waals surface area contributed by atoms with Gasteiger partial charge in [0.15, 0.2) is 0 Å². The van der Waals surface area contributed by atoms with E-state index >= 15 is 0 Å². The first kappa shape index (κ1) is 14.2. The van der Waals surface area contributed by atoms with Crippen molar-refractivity contribution >= 4 is 28.7 Å². The van der Waals surface area contributed by atoms with E-state index in [9.17, 15) is 4.79 Å². The average Bonchev–Trinajstić information content (AvgIpc) is 2.81. The maximum Gasteiger partial charge on any atom is 0.350 e. The number of ether oxygens (including phenoxy) is 1. The molecule has 2 aromatic rings. The van der Waals surface area contributed by atoms with Crippen molar-refractivity contribution in [2.24, 2.45) is 5.10 Å². The topological polar surface area (TPSA) is 63.6 Å². The highest BCUT2D eigenvalue weighted by Gasteiger charge is 2.15. The Morgan fingerprint density at radius 3 is 2.85 bits per heavy atom. The Hall–Kier alpha value is -2.21. The van der Waals surface area contributed by atoms with E-state index < -0.39 is 0 Å². The summed E-state index contributed by atoms with van der Waals surface area (Å²) in [6, 6.07) is 7.93. The summed E-state index contributed by atoms with van der Waals surface area (Å²) in [4.78, 5) is 16.2. The third kappa shape index (κ3) is 3.21. The summed E-state index contributed by atoms with van der Waals surface area (Å²) in [7, 11) is 1.35. The number of nitrogens with one attached hydrogen (secondary N) is 1. The number of hydrogen-bond donors (Lipinski definition) is 1. The predicted octanol–water partition coefficient (Wildman–Crippen LogP) is 2.99. The Balaban J connectivity index is 2.08. The van der Waals surface area contributed by atoms with Crippen LogP contribution in [0.3, 0.4) is 0 Å². The van der Waals surface area contributed by atoms with Crippen molar-refractivity contribution in [3.63, 3.8) is 0 Å². The number of thiazole rings is 1. The number of anilines is 1. The van der Waals surface area contributed by atoms with Gasteiger partial charge in [0.1, 0.15) is 4.88 Å². The molecule has 1 aromatic carbocycles. The largest absolute Gasteiger partial charge is 0.465 e. The van der Waals surface area contributed by atoms with Crippen LogP contribution in [0.25, 0.3) is 0 Å². The lowest BCUT2D eigenvalue weighted by Gasteiger charge is -1.98. The van der Waals surface area contributed by atoms with Gasteiger partial charge in [-0.2, -0.15) is 5.10 Å². The molecule has 0 aliphatic rings. The normalized spacial score (nSPS) is 10.8. The van der Waals surface area contributed by atoms with Crippen molar-refractivity contribution in [1.29, 1.82) is 0 Å². The molecule has 0 fully saturated rings. The molecule has 1 N–H and O–H groups in total. The number of carbonyl (C=O) groups is 1. The summed E-state index contributed by atoms with van der Waals surface area (Å²) in [5, 5.41) is 4.70. The molecule has 6 heteroatoms. The summed E-state index contributed by atoms with van der Waals surface area (Å²) in [5.41, 5.74) is 5.64. The third-order valence-corrected chi connectivity index (χ3v) is 3.76. The fourth-order valence-corrected chi connectivity index (χ4v) is 2.45. The van der Waals surface area contributed by atoms with Gasteiger partial charge >= 0.3 is 5.97 Å². The molecule has 20 heavy (non-hydrogen) atoms. The molecule has 0 radical (unpaired) electrons. The number of hydrazone groups is 1. The van der Waals surface area contributed by atoms with Crippen LogP contribution in [0.1, 0.15) is 26.5 Å². The maximum absolute atomic E-state index is 11.5.